The zero-order valence-electron chi connectivity index (χ0n) is 79.1. The maximum atomic E-state index is 14.3. The number of aryl methyl sites for hydroxylation is 1. The van der Waals surface area contributed by atoms with Crippen molar-refractivity contribution < 1.29 is 87.4 Å². The number of phenolic OH excluding ortho intramolecular Hbond substituents is 1. The number of hydrogen-bond acceptors (Lipinski definition) is 15. The van der Waals surface area contributed by atoms with Gasteiger partial charge in [-0.1, -0.05) is 154 Å². The van der Waals surface area contributed by atoms with Crippen LogP contribution in [-0.2, 0) is 94.7 Å². The van der Waals surface area contributed by atoms with E-state index in [1.807, 2.05) is 69.2 Å². The van der Waals surface area contributed by atoms with Crippen LogP contribution in [0.5, 0.6) is 5.75 Å². The van der Waals surface area contributed by atoms with Gasteiger partial charge >= 0.3 is 12.4 Å². The van der Waals surface area contributed by atoms with E-state index >= 15 is 0 Å². The molecule has 1 N–H and O–H groups in total. The Kier molecular flexibility index (Phi) is 30.6. The molecule has 15 nitrogen and oxygen atoms in total. The lowest BCUT2D eigenvalue weighted by atomic mass is 9.83. The lowest BCUT2D eigenvalue weighted by molar-refractivity contribution is -0.139. The van der Waals surface area contributed by atoms with Gasteiger partial charge in [0.25, 0.3) is 11.8 Å². The van der Waals surface area contributed by atoms with Gasteiger partial charge in [0.1, 0.15) is 5.75 Å². The third kappa shape index (κ3) is 21.6. The molecule has 0 spiro atoms. The van der Waals surface area contributed by atoms with Gasteiger partial charge < -0.3 is 24.7 Å². The van der Waals surface area contributed by atoms with Crippen LogP contribution in [0.25, 0.3) is 0 Å². The van der Waals surface area contributed by atoms with E-state index in [1.54, 1.807) is 42.5 Å². The zero-order chi connectivity index (χ0) is 98.6. The second-order valence-corrected chi connectivity index (χ2v) is 39.7. The molecule has 8 aromatic carbocycles. The van der Waals surface area contributed by atoms with Crippen LogP contribution < -0.4 is 19.6 Å². The number of ketones is 8. The number of nitrogens with zero attached hydrogens (tertiary/aromatic N) is 6. The summed E-state index contributed by atoms with van der Waals surface area (Å²) in [5.74, 6) is 2.04. The van der Waals surface area contributed by atoms with Gasteiger partial charge in [-0.05, 0) is 275 Å². The molecule has 2 atom stereocenters. The van der Waals surface area contributed by atoms with Crippen molar-refractivity contribution in [2.75, 3.05) is 60.9 Å². The average Bonchev–Trinajstić information content (AvgIpc) is 1.72. The summed E-state index contributed by atoms with van der Waals surface area (Å²) in [6.07, 6.45) is 15.9. The highest BCUT2D eigenvalue weighted by Gasteiger charge is 2.47. The molecule has 0 aromatic heterocycles. The Hall–Kier alpha value is -12.6. The molecule has 0 saturated carbocycles. The Bertz CT molecular complexity index is 6480. The first kappa shape index (κ1) is 103. The van der Waals surface area contributed by atoms with Crippen LogP contribution in [0, 0.1) is 30.6 Å². The summed E-state index contributed by atoms with van der Waals surface area (Å²) in [7, 11) is 7.89. The van der Waals surface area contributed by atoms with Crippen LogP contribution in [0.4, 0.5) is 66.7 Å². The normalized spacial score (nSPS) is 21.0. The van der Waals surface area contributed by atoms with E-state index in [4.69, 9.17) is 0 Å². The number of phenols is 1. The molecule has 8 fully saturated rings. The van der Waals surface area contributed by atoms with Gasteiger partial charge in [0.2, 0.25) is 0 Å². The summed E-state index contributed by atoms with van der Waals surface area (Å²) in [5.41, 5.74) is 7.49. The highest BCUT2D eigenvalue weighted by Crippen LogP contribution is 2.49. The molecule has 8 heterocycles. The first-order valence-corrected chi connectivity index (χ1v) is 48.3. The zero-order valence-corrected chi connectivity index (χ0v) is 79.1. The third-order valence-corrected chi connectivity index (χ3v) is 29.8. The van der Waals surface area contributed by atoms with Crippen molar-refractivity contribution in [2.24, 2.45) is 0 Å². The molecule has 8 saturated heterocycles. The molecular formula is C116H120F10N6O9. The molecule has 25 heteroatoms. The molecule has 8 aromatic rings. The van der Waals surface area contributed by atoms with Crippen molar-refractivity contribution in [3.8, 4) is 29.4 Å². The van der Waals surface area contributed by atoms with Crippen LogP contribution in [0.15, 0.2) is 192 Å². The minimum absolute atomic E-state index is 0. The summed E-state index contributed by atoms with van der Waals surface area (Å²) in [6.45, 7) is 4.63. The number of piperidine rings is 1. The molecule has 4 aliphatic carbocycles. The van der Waals surface area contributed by atoms with Crippen molar-refractivity contribution in [1.29, 1.82) is 0 Å². The van der Waals surface area contributed by atoms with Crippen LogP contribution in [0.1, 0.15) is 263 Å². The van der Waals surface area contributed by atoms with E-state index in [-0.39, 0.29) is 144 Å². The molecule has 20 rings (SSSR count). The van der Waals surface area contributed by atoms with Gasteiger partial charge in [-0.25, -0.2) is 17.6 Å². The van der Waals surface area contributed by atoms with Gasteiger partial charge in [0.05, 0.1) is 52.1 Å². The fourth-order valence-electron chi connectivity index (χ4n) is 23.2. The standard InChI is InChI=1S/C31H32F2N2O2.C30H32N2O2.C28H26F5NO2.C25H22F3NO3.2CH4/c1-31(32,33)27-8-4-6-20-10-16-26(30(37)29(20)27)28(36)19-22-9-11-25(18-21(22)7-5-17-34(2)3)35-23-12-13-24(35)15-14-23;1-20-6-4-7-21-10-16-27(30(34)29(20)21)28(33)19-23-9-11-26(18-22(23)8-5-17-31(2)3)32-24-12-13-25(32)15-14-24;1-27(29,30)22-7-2-4-16-9-13-21(26(36)25(16)22)24(35)14-17-8-10-20(15-23(17)28(31,32)33)34-18-5-3-6-19(34)12-11-18;26-25(27,28)20-13-18(29-16-7-8-17(29)10-9-16)6-4-15(20)12-22(31)19-11-5-14-2-1-3-21(30)23(14)24(19)32;;/h4,6,8-9,11,16,18,23-24H,10,12-15,17,19H2,1-3H3;4,6-7,9,11,16,18,24-25H,10,12-15,17,19H2,1-3H3;2,4,7-8,10,13,15,18-19H,3,5-6,9,11-12,14H2,1H3;1-4,6,11,13,16-17,30H,5,7-10,12H2;2*1H4. The Morgan fingerprint density at radius 2 is 0.617 bits per heavy atom. The Labute approximate surface area is 818 Å². The number of benzene rings is 8. The van der Waals surface area contributed by atoms with E-state index in [0.29, 0.717) is 89.8 Å². The lowest BCUT2D eigenvalue weighted by Gasteiger charge is -2.37. The summed E-state index contributed by atoms with van der Waals surface area (Å²) in [5, 5.41) is 10.0. The minimum atomic E-state index is -4.69. The largest absolute Gasteiger partial charge is 0.507 e. The smallest absolute Gasteiger partial charge is 0.416 e. The molecule has 0 amide bonds. The SMILES string of the molecule is C.C.CC(F)(F)c1cccc2c1C(=O)C(C(=O)Cc1ccc(N3C4CCCC3CC4)cc1C(F)(F)F)=CC2.CN(C)CC#Cc1cc(N2C3CCC2CC3)ccc1CC(=O)C1=CCc2cccc(C(C)(F)F)c2C1=O.Cc1cccc2c1C(=O)C(C(=O)Cc1ccc(N3C4CCC3CC4)cc1C#CCN(C)C)=CC2.O=C(Cc1ccc(N2C3CCC2CC3)cc1C(F)(F)F)C1=CCc2cccc(O)c2C1=O. The predicted octanol–water partition coefficient (Wildman–Crippen LogP) is 22.9. The van der Waals surface area contributed by atoms with Crippen LogP contribution in [0.2, 0.25) is 0 Å². The van der Waals surface area contributed by atoms with E-state index in [2.05, 4.69) is 73.6 Å². The average molecular weight is 1930 g/mol. The van der Waals surface area contributed by atoms with E-state index < -0.39 is 82.6 Å². The minimum Gasteiger partial charge on any atom is -0.507 e. The van der Waals surface area contributed by atoms with Gasteiger partial charge in [0.15, 0.2) is 46.3 Å². The first-order valence-electron chi connectivity index (χ1n) is 48.3. The van der Waals surface area contributed by atoms with Crippen molar-refractivity contribution in [3.05, 3.63) is 298 Å². The molecule has 8 bridgehead atoms. The number of fused-ring (bicyclic) bond motifs is 12. The summed E-state index contributed by atoms with van der Waals surface area (Å²) in [4.78, 5) is 118. The van der Waals surface area contributed by atoms with Crippen molar-refractivity contribution in [3.63, 3.8) is 0 Å². The Morgan fingerprint density at radius 1 is 0.348 bits per heavy atom. The Morgan fingerprint density at radius 3 is 0.936 bits per heavy atom. The van der Waals surface area contributed by atoms with Crippen molar-refractivity contribution >= 4 is 69.0 Å². The summed E-state index contributed by atoms with van der Waals surface area (Å²) in [6, 6.07) is 43.2. The van der Waals surface area contributed by atoms with Crippen LogP contribution in [0.3, 0.4) is 0 Å². The van der Waals surface area contributed by atoms with E-state index in [0.717, 1.165) is 122 Å². The second-order valence-electron chi connectivity index (χ2n) is 39.7. The number of hydrogen-bond donors (Lipinski definition) is 1. The molecule has 8 aliphatic heterocycles. The highest BCUT2D eigenvalue weighted by atomic mass is 19.4. The number of Topliss-reactive ketones (excluding diaryl/α,β-unsaturated/α-hetero) is 8. The molecule has 0 radical (unpaired) electrons. The van der Waals surface area contributed by atoms with Crippen LogP contribution in [-0.4, -0.2) is 151 Å². The number of allylic oxidation sites excluding steroid dienone is 8. The van der Waals surface area contributed by atoms with Crippen molar-refractivity contribution in [2.45, 2.75) is 269 Å². The number of rotatable bonds is 20. The topological polar surface area (TPSA) is 176 Å². The number of halogens is 10. The highest BCUT2D eigenvalue weighted by molar-refractivity contribution is 6.31. The molecule has 12 aliphatic rings. The molecule has 2 unspecified atom stereocenters. The summed E-state index contributed by atoms with van der Waals surface area (Å²) < 4.78 is 141. The predicted molar refractivity (Wildman–Crippen MR) is 529 cm³/mol. The third-order valence-electron chi connectivity index (χ3n) is 29.8. The number of alkyl halides is 10. The Balaban J connectivity index is 0.000000141. The number of aromatic hydroxyl groups is 1. The van der Waals surface area contributed by atoms with Gasteiger partial charge in [-0.15, -0.1) is 0 Å². The number of carbonyl (C=O) groups is 8. The van der Waals surface area contributed by atoms with Crippen LogP contribution >= 0.6 is 0 Å². The van der Waals surface area contributed by atoms with E-state index in [9.17, 15) is 87.4 Å². The number of anilines is 4. The van der Waals surface area contributed by atoms with Crippen molar-refractivity contribution in [1.82, 2.24) is 9.80 Å². The second kappa shape index (κ2) is 41.9. The number of carbonyl (C=O) groups excluding carboxylic acids is 8. The van der Waals surface area contributed by atoms with E-state index in [1.165, 1.54) is 112 Å². The lowest BCUT2D eigenvalue weighted by Crippen LogP contribution is -2.39. The van der Waals surface area contributed by atoms with Gasteiger partial charge in [0, 0.05) is 150 Å². The van der Waals surface area contributed by atoms with Gasteiger partial charge in [-0.3, -0.25) is 48.2 Å². The monoisotopic (exact) mass is 1930 g/mol. The molecular weight excluding hydrogens is 1810 g/mol. The quantitative estimate of drug-likeness (QED) is 0.0433. The van der Waals surface area contributed by atoms with Gasteiger partial charge in [-0.2, -0.15) is 26.3 Å². The maximum Gasteiger partial charge on any atom is 0.416 e. The first-order chi connectivity index (χ1) is 66.2. The molecule has 738 valence electrons. The summed E-state index contributed by atoms with van der Waals surface area (Å²) >= 11 is 0. The fourth-order valence-corrected chi connectivity index (χ4v) is 23.2. The fraction of sp³-hybridized carbons (Fsp3) is 0.414. The maximum absolute atomic E-state index is 14.3. The molecule has 141 heavy (non-hydrogen) atoms.